The second-order valence-electron chi connectivity index (χ2n) is 8.00. The number of hydrogen-bond donors (Lipinski definition) is 1. The van der Waals surface area contributed by atoms with Gasteiger partial charge in [0.1, 0.15) is 11.8 Å². The fraction of sp³-hybridized carbons (Fsp3) is 0.440. The minimum atomic E-state index is -3.56. The van der Waals surface area contributed by atoms with E-state index in [1.54, 1.807) is 36.2 Å². The topological polar surface area (TPSA) is 96.0 Å². The van der Waals surface area contributed by atoms with Crippen molar-refractivity contribution in [1.82, 2.24) is 10.2 Å². The van der Waals surface area contributed by atoms with Crippen LogP contribution in [-0.2, 0) is 26.0 Å². The molecule has 8 nitrogen and oxygen atoms in total. The number of carbonyl (C=O) groups excluding carboxylic acids is 2. The average Bonchev–Trinajstić information content (AvgIpc) is 2.83. The molecule has 0 unspecified atom stereocenters. The molecule has 34 heavy (non-hydrogen) atoms. The zero-order valence-electron chi connectivity index (χ0n) is 20.4. The monoisotopic (exact) mass is 489 g/mol. The molecule has 0 radical (unpaired) electrons. The van der Waals surface area contributed by atoms with E-state index in [1.165, 1.54) is 11.4 Å². The molecule has 0 aliphatic carbocycles. The van der Waals surface area contributed by atoms with E-state index in [2.05, 4.69) is 5.32 Å². The lowest BCUT2D eigenvalue weighted by atomic mass is 10.1. The van der Waals surface area contributed by atoms with E-state index in [0.29, 0.717) is 37.2 Å². The van der Waals surface area contributed by atoms with Gasteiger partial charge in [-0.25, -0.2) is 8.42 Å². The fourth-order valence-electron chi connectivity index (χ4n) is 3.83. The van der Waals surface area contributed by atoms with Gasteiger partial charge >= 0.3 is 0 Å². The van der Waals surface area contributed by atoms with Gasteiger partial charge in [-0.2, -0.15) is 0 Å². The molecule has 2 rings (SSSR count). The standard InChI is InChI=1S/C25H35N3O5S/c1-5-23(25(30)26-2)27(18-16-20-11-7-6-8-12-20)24(29)15-10-17-28(34(4,31)32)21-13-9-14-22(19-21)33-3/h6-9,11-14,19,23H,5,10,15-18H2,1-4H3,(H,26,30)/t23-/m1/s1. The number of hydrogen-bond acceptors (Lipinski definition) is 5. The maximum atomic E-state index is 13.2. The molecule has 1 N–H and O–H groups in total. The number of amides is 2. The second kappa shape index (κ2) is 13.0. The Bertz CT molecular complexity index is 1040. The number of anilines is 1. The molecule has 1 atom stereocenters. The predicted molar refractivity (Wildman–Crippen MR) is 134 cm³/mol. The van der Waals surface area contributed by atoms with Crippen molar-refractivity contribution in [3.8, 4) is 5.75 Å². The van der Waals surface area contributed by atoms with Crippen LogP contribution in [0.4, 0.5) is 5.69 Å². The molecule has 0 aliphatic rings. The van der Waals surface area contributed by atoms with Crippen molar-refractivity contribution in [2.24, 2.45) is 0 Å². The van der Waals surface area contributed by atoms with E-state index in [0.717, 1.165) is 11.8 Å². The zero-order valence-corrected chi connectivity index (χ0v) is 21.2. The summed E-state index contributed by atoms with van der Waals surface area (Å²) in [4.78, 5) is 27.3. The highest BCUT2D eigenvalue weighted by Gasteiger charge is 2.27. The number of ether oxygens (including phenoxy) is 1. The summed E-state index contributed by atoms with van der Waals surface area (Å²) < 4.78 is 31.3. The van der Waals surface area contributed by atoms with Gasteiger partial charge in [0.15, 0.2) is 0 Å². The first-order valence-corrected chi connectivity index (χ1v) is 13.2. The van der Waals surface area contributed by atoms with E-state index in [9.17, 15) is 18.0 Å². The van der Waals surface area contributed by atoms with Crippen molar-refractivity contribution in [3.05, 3.63) is 60.2 Å². The Morgan fingerprint density at radius 1 is 1.06 bits per heavy atom. The van der Waals surface area contributed by atoms with Crippen LogP contribution in [0.15, 0.2) is 54.6 Å². The maximum Gasteiger partial charge on any atom is 0.242 e. The molecule has 2 amide bonds. The maximum absolute atomic E-state index is 13.2. The Kier molecular flexibility index (Phi) is 10.4. The highest BCUT2D eigenvalue weighted by molar-refractivity contribution is 7.92. The van der Waals surface area contributed by atoms with Crippen molar-refractivity contribution < 1.29 is 22.7 Å². The number of likely N-dealkylation sites (N-methyl/N-ethyl adjacent to an activating group) is 1. The number of benzene rings is 2. The van der Waals surface area contributed by atoms with Crippen molar-refractivity contribution in [3.63, 3.8) is 0 Å². The molecule has 2 aromatic rings. The Balaban J connectivity index is 2.13. The van der Waals surface area contributed by atoms with Crippen LogP contribution in [0.2, 0.25) is 0 Å². The van der Waals surface area contributed by atoms with Crippen LogP contribution in [0, 0.1) is 0 Å². The highest BCUT2D eigenvalue weighted by Crippen LogP contribution is 2.23. The molecule has 0 bridgehead atoms. The molecule has 2 aromatic carbocycles. The van der Waals surface area contributed by atoms with Crippen LogP contribution in [0.3, 0.4) is 0 Å². The molecule has 0 heterocycles. The number of methoxy groups -OCH3 is 1. The van der Waals surface area contributed by atoms with Gasteiger partial charge in [-0.05, 0) is 37.0 Å². The average molecular weight is 490 g/mol. The molecule has 0 fully saturated rings. The normalized spacial score (nSPS) is 12.0. The molecular weight excluding hydrogens is 454 g/mol. The van der Waals surface area contributed by atoms with Gasteiger partial charge in [0.05, 0.1) is 19.1 Å². The lowest BCUT2D eigenvalue weighted by Crippen LogP contribution is -2.49. The highest BCUT2D eigenvalue weighted by atomic mass is 32.2. The van der Waals surface area contributed by atoms with Gasteiger partial charge in [0.25, 0.3) is 0 Å². The van der Waals surface area contributed by atoms with Crippen LogP contribution >= 0.6 is 0 Å². The van der Waals surface area contributed by atoms with Gasteiger partial charge in [0, 0.05) is 32.6 Å². The first-order chi connectivity index (χ1) is 16.2. The zero-order chi connectivity index (χ0) is 25.1. The summed E-state index contributed by atoms with van der Waals surface area (Å²) in [5.74, 6) is 0.161. The van der Waals surface area contributed by atoms with Gasteiger partial charge in [-0.3, -0.25) is 13.9 Å². The summed E-state index contributed by atoms with van der Waals surface area (Å²) in [7, 11) is -0.481. The Morgan fingerprint density at radius 2 is 1.76 bits per heavy atom. The molecule has 9 heteroatoms. The van der Waals surface area contributed by atoms with Crippen molar-refractivity contribution >= 4 is 27.5 Å². The van der Waals surface area contributed by atoms with E-state index >= 15 is 0 Å². The first-order valence-electron chi connectivity index (χ1n) is 11.4. The predicted octanol–water partition coefficient (Wildman–Crippen LogP) is 2.84. The molecule has 0 aliphatic heterocycles. The Labute approximate surface area is 202 Å². The summed E-state index contributed by atoms with van der Waals surface area (Å²) in [5.41, 5.74) is 1.56. The van der Waals surface area contributed by atoms with E-state index in [-0.39, 0.29) is 24.8 Å². The smallest absolute Gasteiger partial charge is 0.242 e. The van der Waals surface area contributed by atoms with Crippen LogP contribution in [0.1, 0.15) is 31.7 Å². The van der Waals surface area contributed by atoms with Crippen molar-refractivity contribution in [1.29, 1.82) is 0 Å². The third-order valence-electron chi connectivity index (χ3n) is 5.61. The number of nitrogens with one attached hydrogen (secondary N) is 1. The second-order valence-corrected chi connectivity index (χ2v) is 9.91. The van der Waals surface area contributed by atoms with Gasteiger partial charge in [-0.15, -0.1) is 0 Å². The van der Waals surface area contributed by atoms with E-state index in [1.807, 2.05) is 37.3 Å². The minimum Gasteiger partial charge on any atom is -0.497 e. The first kappa shape index (κ1) is 27.2. The van der Waals surface area contributed by atoms with Crippen LogP contribution < -0.4 is 14.4 Å². The van der Waals surface area contributed by atoms with Crippen LogP contribution in [0.5, 0.6) is 5.75 Å². The summed E-state index contributed by atoms with van der Waals surface area (Å²) >= 11 is 0. The third kappa shape index (κ3) is 7.76. The van der Waals surface area contributed by atoms with E-state index < -0.39 is 16.1 Å². The summed E-state index contributed by atoms with van der Waals surface area (Å²) in [6, 6.07) is 16.0. The largest absolute Gasteiger partial charge is 0.497 e. The van der Waals surface area contributed by atoms with Gasteiger partial charge in [0.2, 0.25) is 21.8 Å². The number of rotatable bonds is 13. The van der Waals surface area contributed by atoms with Crippen molar-refractivity contribution in [2.45, 2.75) is 38.6 Å². The Morgan fingerprint density at radius 3 is 2.35 bits per heavy atom. The fourth-order valence-corrected chi connectivity index (χ4v) is 4.79. The third-order valence-corrected chi connectivity index (χ3v) is 6.80. The number of sulfonamides is 1. The summed E-state index contributed by atoms with van der Waals surface area (Å²) in [6.45, 7) is 2.42. The summed E-state index contributed by atoms with van der Waals surface area (Å²) in [6.07, 6.45) is 2.69. The van der Waals surface area contributed by atoms with Crippen LogP contribution in [-0.4, -0.2) is 64.7 Å². The van der Waals surface area contributed by atoms with Crippen LogP contribution in [0.25, 0.3) is 0 Å². The lowest BCUT2D eigenvalue weighted by molar-refractivity contribution is -0.140. The van der Waals surface area contributed by atoms with Gasteiger partial charge in [-0.1, -0.05) is 43.3 Å². The van der Waals surface area contributed by atoms with Crippen molar-refractivity contribution in [2.75, 3.05) is 37.8 Å². The SMILES string of the molecule is CC[C@H](C(=O)NC)N(CCc1ccccc1)C(=O)CCCN(c1cccc(OC)c1)S(C)(=O)=O. The molecule has 0 saturated carbocycles. The van der Waals surface area contributed by atoms with E-state index in [4.69, 9.17) is 4.74 Å². The molecule has 0 spiro atoms. The molecule has 0 saturated heterocycles. The molecule has 0 aromatic heterocycles. The number of nitrogens with zero attached hydrogens (tertiary/aromatic N) is 2. The molecule has 186 valence electrons. The number of carbonyl (C=O) groups is 2. The summed E-state index contributed by atoms with van der Waals surface area (Å²) in [5, 5.41) is 2.64. The Hall–Kier alpha value is -3.07. The quantitative estimate of drug-likeness (QED) is 0.467. The minimum absolute atomic E-state index is 0.123. The van der Waals surface area contributed by atoms with Gasteiger partial charge < -0.3 is 15.0 Å². The molecular formula is C25H35N3O5S. The lowest BCUT2D eigenvalue weighted by Gasteiger charge is -2.30.